The highest BCUT2D eigenvalue weighted by atomic mass is 35.5. The van der Waals surface area contributed by atoms with Crippen molar-refractivity contribution in [2.24, 2.45) is 5.73 Å². The lowest BCUT2D eigenvalue weighted by Crippen LogP contribution is -2.05. The predicted molar refractivity (Wildman–Crippen MR) is 63.7 cm³/mol. The van der Waals surface area contributed by atoms with Gasteiger partial charge < -0.3 is 5.73 Å². The molecule has 0 aliphatic rings. The molecular weight excluding hydrogens is 224 g/mol. The molecule has 5 heteroatoms. The van der Waals surface area contributed by atoms with Crippen LogP contribution in [0.5, 0.6) is 0 Å². The van der Waals surface area contributed by atoms with Crippen molar-refractivity contribution in [3.05, 3.63) is 41.4 Å². The van der Waals surface area contributed by atoms with E-state index in [-0.39, 0.29) is 0 Å². The third-order valence-corrected chi connectivity index (χ3v) is 2.58. The zero-order chi connectivity index (χ0) is 11.4. The summed E-state index contributed by atoms with van der Waals surface area (Å²) < 4.78 is 1.95. The van der Waals surface area contributed by atoms with Crippen molar-refractivity contribution >= 4 is 11.6 Å². The number of hydrogen-bond donors (Lipinski definition) is 1. The van der Waals surface area contributed by atoms with Gasteiger partial charge in [0.2, 0.25) is 0 Å². The highest BCUT2D eigenvalue weighted by Gasteiger charge is 2.05. The lowest BCUT2D eigenvalue weighted by atomic mass is 10.2. The van der Waals surface area contributed by atoms with Gasteiger partial charge in [0.15, 0.2) is 0 Å². The Labute approximate surface area is 99.1 Å². The van der Waals surface area contributed by atoms with Gasteiger partial charge in [0.05, 0.1) is 0 Å². The third kappa shape index (κ3) is 2.40. The number of aromatic nitrogens is 3. The van der Waals surface area contributed by atoms with E-state index in [1.165, 1.54) is 0 Å². The lowest BCUT2D eigenvalue weighted by molar-refractivity contribution is 0.760. The van der Waals surface area contributed by atoms with Gasteiger partial charge in [-0.15, -0.1) is 10.2 Å². The summed E-state index contributed by atoms with van der Waals surface area (Å²) in [7, 11) is 0. The maximum Gasteiger partial charge on any atom is 0.137 e. The molecule has 0 atom stereocenters. The molecule has 84 valence electrons. The van der Waals surface area contributed by atoms with Gasteiger partial charge in [-0.25, -0.2) is 0 Å². The fourth-order valence-electron chi connectivity index (χ4n) is 1.51. The molecule has 2 aromatic rings. The molecule has 0 saturated heterocycles. The zero-order valence-electron chi connectivity index (χ0n) is 8.81. The molecule has 0 saturated carbocycles. The monoisotopic (exact) mass is 236 g/mol. The summed E-state index contributed by atoms with van der Waals surface area (Å²) in [6.07, 6.45) is 3.44. The summed E-state index contributed by atoms with van der Waals surface area (Å²) in [6, 6.07) is 7.59. The van der Waals surface area contributed by atoms with Gasteiger partial charge in [-0.05, 0) is 37.2 Å². The number of hydrogen-bond acceptors (Lipinski definition) is 3. The van der Waals surface area contributed by atoms with Crippen LogP contribution in [0.2, 0.25) is 5.02 Å². The Morgan fingerprint density at radius 3 is 2.69 bits per heavy atom. The molecule has 0 aliphatic carbocycles. The van der Waals surface area contributed by atoms with Gasteiger partial charge >= 0.3 is 0 Å². The summed E-state index contributed by atoms with van der Waals surface area (Å²) in [6.45, 7) is 0.660. The summed E-state index contributed by atoms with van der Waals surface area (Å²) in [5, 5.41) is 8.71. The van der Waals surface area contributed by atoms with Crippen molar-refractivity contribution in [2.75, 3.05) is 6.54 Å². The highest BCUT2D eigenvalue weighted by molar-refractivity contribution is 6.30. The van der Waals surface area contributed by atoms with Gasteiger partial charge in [-0.3, -0.25) is 4.57 Å². The summed E-state index contributed by atoms with van der Waals surface area (Å²) in [5.41, 5.74) is 6.49. The van der Waals surface area contributed by atoms with Crippen molar-refractivity contribution in [3.8, 4) is 5.69 Å². The fourth-order valence-corrected chi connectivity index (χ4v) is 1.63. The van der Waals surface area contributed by atoms with Crippen molar-refractivity contribution in [1.82, 2.24) is 14.8 Å². The molecule has 0 bridgehead atoms. The van der Waals surface area contributed by atoms with Gasteiger partial charge in [0.1, 0.15) is 12.2 Å². The molecular formula is C11H13ClN4. The number of nitrogens with zero attached hydrogens (tertiary/aromatic N) is 3. The average Bonchev–Trinajstić information content (AvgIpc) is 2.75. The second-order valence-electron chi connectivity index (χ2n) is 3.49. The van der Waals surface area contributed by atoms with Crippen LogP contribution in [0.1, 0.15) is 12.2 Å². The summed E-state index contributed by atoms with van der Waals surface area (Å²) >= 11 is 5.84. The first kappa shape index (κ1) is 11.1. The van der Waals surface area contributed by atoms with Crippen LogP contribution in [0.15, 0.2) is 30.6 Å². The standard InChI is InChI=1S/C11H13ClN4/c12-9-3-5-10(6-4-9)16-8-14-15-11(16)2-1-7-13/h3-6,8H,1-2,7,13H2. The number of rotatable bonds is 4. The van der Waals surface area contributed by atoms with Crippen molar-refractivity contribution in [2.45, 2.75) is 12.8 Å². The molecule has 1 heterocycles. The molecule has 1 aromatic heterocycles. The second kappa shape index (κ2) is 5.09. The Morgan fingerprint density at radius 2 is 2.00 bits per heavy atom. The van der Waals surface area contributed by atoms with Gasteiger partial charge in [0.25, 0.3) is 0 Å². The molecule has 4 nitrogen and oxygen atoms in total. The third-order valence-electron chi connectivity index (χ3n) is 2.33. The van der Waals surface area contributed by atoms with Crippen LogP contribution in [0, 0.1) is 0 Å². The molecule has 0 amide bonds. The van der Waals surface area contributed by atoms with Crippen molar-refractivity contribution in [3.63, 3.8) is 0 Å². The van der Waals surface area contributed by atoms with E-state index in [1.807, 2.05) is 28.8 Å². The van der Waals surface area contributed by atoms with Crippen LogP contribution in [0.3, 0.4) is 0 Å². The Balaban J connectivity index is 2.26. The topological polar surface area (TPSA) is 56.7 Å². The first-order valence-corrected chi connectivity index (χ1v) is 5.54. The van der Waals surface area contributed by atoms with Crippen LogP contribution >= 0.6 is 11.6 Å². The van der Waals surface area contributed by atoms with E-state index >= 15 is 0 Å². The minimum Gasteiger partial charge on any atom is -0.330 e. The summed E-state index contributed by atoms with van der Waals surface area (Å²) in [5.74, 6) is 0.924. The van der Waals surface area contributed by atoms with Gasteiger partial charge in [0, 0.05) is 17.1 Å². The van der Waals surface area contributed by atoms with E-state index in [2.05, 4.69) is 10.2 Å². The quantitative estimate of drug-likeness (QED) is 0.881. The van der Waals surface area contributed by atoms with Crippen molar-refractivity contribution in [1.29, 1.82) is 0 Å². The number of halogens is 1. The highest BCUT2D eigenvalue weighted by Crippen LogP contribution is 2.14. The van der Waals surface area contributed by atoms with E-state index in [9.17, 15) is 0 Å². The Morgan fingerprint density at radius 1 is 1.25 bits per heavy atom. The Bertz CT molecular complexity index is 449. The molecule has 0 unspecified atom stereocenters. The van der Waals surface area contributed by atoms with Crippen LogP contribution in [-0.2, 0) is 6.42 Å². The van der Waals surface area contributed by atoms with E-state index in [4.69, 9.17) is 17.3 Å². The van der Waals surface area contributed by atoms with Crippen LogP contribution in [0.25, 0.3) is 5.69 Å². The molecule has 0 spiro atoms. The van der Waals surface area contributed by atoms with E-state index in [1.54, 1.807) is 6.33 Å². The maximum atomic E-state index is 5.84. The fraction of sp³-hybridized carbons (Fsp3) is 0.273. The SMILES string of the molecule is NCCCc1nncn1-c1ccc(Cl)cc1. The Hall–Kier alpha value is -1.39. The average molecular weight is 237 g/mol. The molecule has 0 fully saturated rings. The molecule has 1 aromatic carbocycles. The smallest absolute Gasteiger partial charge is 0.137 e. The molecule has 0 radical (unpaired) electrons. The van der Waals surface area contributed by atoms with Crippen molar-refractivity contribution < 1.29 is 0 Å². The van der Waals surface area contributed by atoms with E-state index in [0.29, 0.717) is 6.54 Å². The lowest BCUT2D eigenvalue weighted by Gasteiger charge is -2.05. The molecule has 2 rings (SSSR count). The minimum atomic E-state index is 0.660. The normalized spacial score (nSPS) is 10.6. The van der Waals surface area contributed by atoms with Crippen LogP contribution in [-0.4, -0.2) is 21.3 Å². The molecule has 16 heavy (non-hydrogen) atoms. The molecule has 0 aliphatic heterocycles. The number of aryl methyl sites for hydroxylation is 1. The minimum absolute atomic E-state index is 0.660. The van der Waals surface area contributed by atoms with E-state index < -0.39 is 0 Å². The largest absolute Gasteiger partial charge is 0.330 e. The van der Waals surface area contributed by atoms with Gasteiger partial charge in [-0.1, -0.05) is 11.6 Å². The molecule has 2 N–H and O–H groups in total. The zero-order valence-corrected chi connectivity index (χ0v) is 9.56. The first-order valence-electron chi connectivity index (χ1n) is 5.16. The number of benzene rings is 1. The number of nitrogens with two attached hydrogens (primary N) is 1. The predicted octanol–water partition coefficient (Wildman–Crippen LogP) is 1.81. The first-order chi connectivity index (χ1) is 7.81. The van der Waals surface area contributed by atoms with Gasteiger partial charge in [-0.2, -0.15) is 0 Å². The van der Waals surface area contributed by atoms with E-state index in [0.717, 1.165) is 29.4 Å². The second-order valence-corrected chi connectivity index (χ2v) is 3.92. The summed E-state index contributed by atoms with van der Waals surface area (Å²) in [4.78, 5) is 0. The maximum absolute atomic E-state index is 5.84. The Kier molecular flexibility index (Phi) is 3.54. The van der Waals surface area contributed by atoms with Crippen LogP contribution in [0.4, 0.5) is 0 Å². The van der Waals surface area contributed by atoms with Crippen LogP contribution < -0.4 is 5.73 Å².